The molecule has 0 aliphatic carbocycles. The maximum atomic E-state index is 12.9. The molecule has 70 heavy (non-hydrogen) atoms. The molecule has 12 heteroatoms. The molecule has 0 fully saturated rings. The lowest BCUT2D eigenvalue weighted by Crippen LogP contribution is -2.30. The number of allylic oxidation sites excluding steroid dienone is 10. The van der Waals surface area contributed by atoms with Crippen LogP contribution in [0.25, 0.3) is 0 Å². The number of hydrogen-bond donors (Lipinski definition) is 2. The highest BCUT2D eigenvalue weighted by molar-refractivity contribution is 7.47. The Morgan fingerprint density at radius 1 is 0.414 bits per heavy atom. The van der Waals surface area contributed by atoms with Crippen LogP contribution in [0.3, 0.4) is 0 Å². The third-order valence-electron chi connectivity index (χ3n) is 11.9. The lowest BCUT2D eigenvalue weighted by Gasteiger charge is -2.21. The number of rotatable bonds is 52. The summed E-state index contributed by atoms with van der Waals surface area (Å²) in [6.45, 7) is 4.47. The molecule has 11 nitrogen and oxygen atoms in total. The molecule has 0 amide bonds. The Hall–Kier alpha value is -2.82. The van der Waals surface area contributed by atoms with E-state index in [-0.39, 0.29) is 25.9 Å². The second-order valence-electron chi connectivity index (χ2n) is 18.7. The standard InChI is InChI=1S/C58H103O11P/c1-4-7-10-13-16-19-22-24-26-27-29-31-34-37-40-43-46-49-58(62)69-55(51-65-56(60)47-44-41-38-35-33-30-28-25-23-20-17-14-11-8-5-2)53-67-70(63,64)66-52-54(50-59)68-57(61)48-45-42-39-36-32-21-18-15-12-9-6-3/h7,10,15-16,18-19,24,26,29,31,54-55,59H,4-6,8-9,11-14,17,20-23,25,27-28,30,32-53H2,1-3H3,(H,63,64)/b10-7-,18-15-,19-16-,26-24-,31-29-. The lowest BCUT2D eigenvalue weighted by atomic mass is 10.0. The average Bonchev–Trinajstić information content (AvgIpc) is 3.35. The van der Waals surface area contributed by atoms with Gasteiger partial charge in [0, 0.05) is 19.3 Å². The van der Waals surface area contributed by atoms with E-state index in [1.54, 1.807) is 0 Å². The van der Waals surface area contributed by atoms with Gasteiger partial charge in [-0.2, -0.15) is 0 Å². The van der Waals surface area contributed by atoms with Crippen LogP contribution in [0.2, 0.25) is 0 Å². The smallest absolute Gasteiger partial charge is 0.462 e. The summed E-state index contributed by atoms with van der Waals surface area (Å²) >= 11 is 0. The van der Waals surface area contributed by atoms with Gasteiger partial charge in [-0.05, 0) is 77.0 Å². The fraction of sp³-hybridized carbons (Fsp3) is 0.776. The highest BCUT2D eigenvalue weighted by atomic mass is 31.2. The van der Waals surface area contributed by atoms with E-state index < -0.39 is 57.8 Å². The minimum Gasteiger partial charge on any atom is -0.462 e. The number of carbonyl (C=O) groups is 3. The number of aliphatic hydroxyl groups is 1. The van der Waals surface area contributed by atoms with Crippen molar-refractivity contribution in [2.45, 2.75) is 264 Å². The molecule has 2 N–H and O–H groups in total. The zero-order valence-corrected chi connectivity index (χ0v) is 45.6. The molecule has 0 aromatic heterocycles. The fourth-order valence-electron chi connectivity index (χ4n) is 7.62. The van der Waals surface area contributed by atoms with Crippen molar-refractivity contribution in [3.8, 4) is 0 Å². The van der Waals surface area contributed by atoms with E-state index in [9.17, 15) is 28.9 Å². The van der Waals surface area contributed by atoms with Gasteiger partial charge in [-0.1, -0.05) is 216 Å². The first-order valence-electron chi connectivity index (χ1n) is 28.2. The van der Waals surface area contributed by atoms with Crippen LogP contribution in [-0.2, 0) is 42.2 Å². The summed E-state index contributed by atoms with van der Waals surface area (Å²) < 4.78 is 39.4. The Morgan fingerprint density at radius 3 is 1.20 bits per heavy atom. The van der Waals surface area contributed by atoms with E-state index >= 15 is 0 Å². The van der Waals surface area contributed by atoms with E-state index in [1.165, 1.54) is 83.5 Å². The van der Waals surface area contributed by atoms with Crippen molar-refractivity contribution in [1.82, 2.24) is 0 Å². The van der Waals surface area contributed by atoms with E-state index in [0.29, 0.717) is 19.3 Å². The molecule has 0 saturated carbocycles. The van der Waals surface area contributed by atoms with E-state index in [2.05, 4.69) is 81.5 Å². The maximum Gasteiger partial charge on any atom is 0.472 e. The van der Waals surface area contributed by atoms with Gasteiger partial charge in [-0.15, -0.1) is 0 Å². The third-order valence-corrected chi connectivity index (χ3v) is 12.9. The van der Waals surface area contributed by atoms with E-state index in [1.807, 2.05) is 0 Å². The van der Waals surface area contributed by atoms with Gasteiger partial charge >= 0.3 is 25.7 Å². The molecule has 0 spiro atoms. The zero-order chi connectivity index (χ0) is 51.3. The van der Waals surface area contributed by atoms with Gasteiger partial charge in [-0.3, -0.25) is 23.4 Å². The molecule has 0 aromatic rings. The average molecular weight is 1010 g/mol. The van der Waals surface area contributed by atoms with Crippen LogP contribution in [0.1, 0.15) is 252 Å². The molecule has 0 heterocycles. The normalized spacial score (nSPS) is 13.8. The quantitative estimate of drug-likeness (QED) is 0.0197. The van der Waals surface area contributed by atoms with Crippen LogP contribution in [0.4, 0.5) is 0 Å². The molecule has 3 atom stereocenters. The first-order valence-corrected chi connectivity index (χ1v) is 29.7. The summed E-state index contributed by atoms with van der Waals surface area (Å²) in [5, 5.41) is 9.78. The molecule has 406 valence electrons. The van der Waals surface area contributed by atoms with Crippen molar-refractivity contribution in [2.75, 3.05) is 26.4 Å². The number of hydrogen-bond acceptors (Lipinski definition) is 10. The molecule has 0 rings (SSSR count). The Labute approximate surface area is 427 Å². The summed E-state index contributed by atoms with van der Waals surface area (Å²) in [6.07, 6.45) is 56.1. The topological polar surface area (TPSA) is 155 Å². The Balaban J connectivity index is 4.77. The van der Waals surface area contributed by atoms with Crippen LogP contribution < -0.4 is 0 Å². The monoisotopic (exact) mass is 1010 g/mol. The van der Waals surface area contributed by atoms with Gasteiger partial charge in [0.15, 0.2) is 6.10 Å². The van der Waals surface area contributed by atoms with Gasteiger partial charge in [0.25, 0.3) is 0 Å². The van der Waals surface area contributed by atoms with Crippen molar-refractivity contribution in [1.29, 1.82) is 0 Å². The second kappa shape index (κ2) is 52.5. The number of phosphoric acid groups is 1. The van der Waals surface area contributed by atoms with Gasteiger partial charge in [-0.25, -0.2) is 4.57 Å². The van der Waals surface area contributed by atoms with Crippen molar-refractivity contribution < 1.29 is 52.2 Å². The minimum atomic E-state index is -4.75. The summed E-state index contributed by atoms with van der Waals surface area (Å²) in [6, 6.07) is 0. The summed E-state index contributed by atoms with van der Waals surface area (Å²) in [5.74, 6) is -1.49. The predicted molar refractivity (Wildman–Crippen MR) is 288 cm³/mol. The molecular weight excluding hydrogens is 904 g/mol. The lowest BCUT2D eigenvalue weighted by molar-refractivity contribution is -0.161. The molecule has 0 aliphatic heterocycles. The molecule has 0 saturated heterocycles. The van der Waals surface area contributed by atoms with Crippen LogP contribution in [0.15, 0.2) is 60.8 Å². The molecular formula is C58H103O11P. The Morgan fingerprint density at radius 2 is 0.757 bits per heavy atom. The first kappa shape index (κ1) is 67.2. The number of aliphatic hydroxyl groups excluding tert-OH is 1. The Kier molecular flexibility index (Phi) is 50.4. The molecule has 0 aliphatic rings. The number of carbonyl (C=O) groups excluding carboxylic acids is 3. The van der Waals surface area contributed by atoms with Crippen LogP contribution in [-0.4, -0.2) is 66.5 Å². The summed E-state index contributed by atoms with van der Waals surface area (Å²) in [4.78, 5) is 48.4. The van der Waals surface area contributed by atoms with Crippen molar-refractivity contribution in [2.24, 2.45) is 0 Å². The van der Waals surface area contributed by atoms with E-state index in [4.69, 9.17) is 23.3 Å². The number of phosphoric ester groups is 1. The van der Waals surface area contributed by atoms with Crippen LogP contribution in [0, 0.1) is 0 Å². The van der Waals surface area contributed by atoms with Crippen molar-refractivity contribution >= 4 is 25.7 Å². The number of esters is 3. The molecule has 0 bridgehead atoms. The first-order chi connectivity index (χ1) is 34.2. The van der Waals surface area contributed by atoms with E-state index in [0.717, 1.165) is 109 Å². The number of ether oxygens (including phenoxy) is 3. The highest BCUT2D eigenvalue weighted by Crippen LogP contribution is 2.43. The molecule has 0 radical (unpaired) electrons. The SMILES string of the molecule is CC/C=C\C/C=C\C/C=C\C/C=C\CCCCCCC(=O)OC(COC(=O)CCCCCCCCCCCCCCCCC)COP(=O)(O)OCC(CO)OC(=O)CCCCCCC/C=C\CCCC. The van der Waals surface area contributed by atoms with Gasteiger partial charge in [0.2, 0.25) is 0 Å². The largest absolute Gasteiger partial charge is 0.472 e. The molecule has 0 aromatic carbocycles. The minimum absolute atomic E-state index is 0.140. The summed E-state index contributed by atoms with van der Waals surface area (Å²) in [5.41, 5.74) is 0. The van der Waals surface area contributed by atoms with Gasteiger partial charge in [0.1, 0.15) is 12.7 Å². The third kappa shape index (κ3) is 50.1. The zero-order valence-electron chi connectivity index (χ0n) is 44.7. The van der Waals surface area contributed by atoms with Gasteiger partial charge in [0.05, 0.1) is 19.8 Å². The summed E-state index contributed by atoms with van der Waals surface area (Å²) in [7, 11) is -4.75. The second-order valence-corrected chi connectivity index (χ2v) is 20.2. The number of unbranched alkanes of at least 4 members (excludes halogenated alkanes) is 25. The van der Waals surface area contributed by atoms with Gasteiger partial charge < -0.3 is 24.2 Å². The van der Waals surface area contributed by atoms with Crippen LogP contribution >= 0.6 is 7.82 Å². The maximum absolute atomic E-state index is 12.9. The van der Waals surface area contributed by atoms with Crippen molar-refractivity contribution in [3.05, 3.63) is 60.8 Å². The fourth-order valence-corrected chi connectivity index (χ4v) is 8.41. The highest BCUT2D eigenvalue weighted by Gasteiger charge is 2.28. The van der Waals surface area contributed by atoms with Crippen molar-refractivity contribution in [3.63, 3.8) is 0 Å². The Bertz CT molecular complexity index is 1410. The van der Waals surface area contributed by atoms with Crippen LogP contribution in [0.5, 0.6) is 0 Å². The molecule has 3 unspecified atom stereocenters. The predicted octanol–water partition coefficient (Wildman–Crippen LogP) is 16.4.